The highest BCUT2D eigenvalue weighted by Crippen LogP contribution is 2.58. The van der Waals surface area contributed by atoms with Crippen molar-refractivity contribution >= 4 is 60.9 Å². The van der Waals surface area contributed by atoms with Gasteiger partial charge in [0.2, 0.25) is 0 Å². The molecule has 21 heavy (non-hydrogen) atoms. The number of primary amides is 1. The summed E-state index contributed by atoms with van der Waals surface area (Å²) in [5.74, 6) is 0. The van der Waals surface area contributed by atoms with Crippen LogP contribution in [0, 0.1) is 0 Å². The quantitative estimate of drug-likeness (QED) is 0.578. The van der Waals surface area contributed by atoms with Gasteiger partial charge in [0.25, 0.3) is 0 Å². The molecule has 2 amide bonds. The molecule has 2 atom stereocenters. The van der Waals surface area contributed by atoms with Crippen LogP contribution in [0.2, 0.25) is 0 Å². The summed E-state index contributed by atoms with van der Waals surface area (Å²) in [6.45, 7) is 0. The zero-order valence-electron chi connectivity index (χ0n) is 10.8. The van der Waals surface area contributed by atoms with Crippen LogP contribution in [-0.2, 0) is 3.78 Å². The van der Waals surface area contributed by atoms with Crippen molar-refractivity contribution in [3.63, 3.8) is 0 Å². The summed E-state index contributed by atoms with van der Waals surface area (Å²) in [5, 5.41) is 0. The zero-order chi connectivity index (χ0) is 15.2. The number of halogens is 3. The number of fused-ring (bicyclic) bond motifs is 2. The van der Waals surface area contributed by atoms with Gasteiger partial charge in [-0.25, -0.2) is 4.79 Å². The number of benzene rings is 2. The third-order valence-corrected chi connectivity index (χ3v) is 6.86. The molecule has 2 unspecified atom stereocenters. The molecule has 1 aliphatic rings. The Morgan fingerprint density at radius 3 is 2.38 bits per heavy atom. The molecular weight excluding hydrogens is 419 g/mol. The highest BCUT2D eigenvalue weighted by Gasteiger charge is 2.43. The van der Waals surface area contributed by atoms with E-state index in [4.69, 9.17) is 17.3 Å². The SMILES string of the molecule is NC(=O)N1c2ccccc2C(Br)C(Cl)(Br)c2ccccc21. The average Bonchev–Trinajstić information content (AvgIpc) is 2.53. The number of hydrogen-bond acceptors (Lipinski definition) is 1. The lowest BCUT2D eigenvalue weighted by atomic mass is 10.0. The third kappa shape index (κ3) is 2.28. The van der Waals surface area contributed by atoms with Gasteiger partial charge in [-0.05, 0) is 17.7 Å². The summed E-state index contributed by atoms with van der Waals surface area (Å²) >= 11 is 14.0. The summed E-state index contributed by atoms with van der Waals surface area (Å²) in [6.07, 6.45) is 0. The van der Waals surface area contributed by atoms with E-state index in [1.54, 1.807) is 0 Å². The van der Waals surface area contributed by atoms with E-state index in [9.17, 15) is 4.79 Å². The summed E-state index contributed by atoms with van der Waals surface area (Å²) in [7, 11) is 0. The van der Waals surface area contributed by atoms with Crippen LogP contribution >= 0.6 is 43.5 Å². The van der Waals surface area contributed by atoms with Crippen LogP contribution < -0.4 is 10.6 Å². The van der Waals surface area contributed by atoms with Crippen LogP contribution in [0.4, 0.5) is 16.2 Å². The molecule has 0 saturated heterocycles. The molecule has 3 nitrogen and oxygen atoms in total. The van der Waals surface area contributed by atoms with Gasteiger partial charge in [-0.15, -0.1) is 0 Å². The number of carbonyl (C=O) groups is 1. The van der Waals surface area contributed by atoms with Crippen molar-refractivity contribution in [1.82, 2.24) is 0 Å². The Morgan fingerprint density at radius 1 is 1.14 bits per heavy atom. The number of urea groups is 1. The Hall–Kier alpha value is -1.04. The fraction of sp³-hybridized carbons (Fsp3) is 0.133. The van der Waals surface area contributed by atoms with Crippen LogP contribution in [0.5, 0.6) is 0 Å². The number of hydrogen-bond donors (Lipinski definition) is 1. The van der Waals surface area contributed by atoms with Gasteiger partial charge in [-0.1, -0.05) is 79.9 Å². The highest BCUT2D eigenvalue weighted by atomic mass is 79.9. The van der Waals surface area contributed by atoms with E-state index in [1.165, 1.54) is 4.90 Å². The molecule has 108 valence electrons. The van der Waals surface area contributed by atoms with Crippen LogP contribution in [0.25, 0.3) is 0 Å². The maximum atomic E-state index is 12.0. The van der Waals surface area contributed by atoms with Gasteiger partial charge < -0.3 is 5.73 Å². The molecule has 1 heterocycles. The molecule has 0 radical (unpaired) electrons. The third-order valence-electron chi connectivity index (χ3n) is 3.49. The lowest BCUT2D eigenvalue weighted by Gasteiger charge is -2.26. The van der Waals surface area contributed by atoms with Crippen LogP contribution in [0.15, 0.2) is 48.5 Å². The molecule has 0 bridgehead atoms. The molecule has 0 saturated carbocycles. The lowest BCUT2D eigenvalue weighted by Crippen LogP contribution is -2.32. The molecule has 2 aromatic rings. The van der Waals surface area contributed by atoms with Gasteiger partial charge in [0.1, 0.15) is 3.78 Å². The molecule has 0 aromatic heterocycles. The summed E-state index contributed by atoms with van der Waals surface area (Å²) in [4.78, 5) is 13.3. The van der Waals surface area contributed by atoms with E-state index in [1.807, 2.05) is 48.5 Å². The number of carbonyl (C=O) groups excluding carboxylic acids is 1. The average molecular weight is 431 g/mol. The molecule has 0 spiro atoms. The van der Waals surface area contributed by atoms with Gasteiger partial charge in [0, 0.05) is 5.56 Å². The topological polar surface area (TPSA) is 46.3 Å². The molecule has 1 aliphatic heterocycles. The smallest absolute Gasteiger partial charge is 0.323 e. The molecule has 2 N–H and O–H groups in total. The Balaban J connectivity index is 2.39. The van der Waals surface area contributed by atoms with Crippen molar-refractivity contribution in [2.45, 2.75) is 8.61 Å². The van der Waals surface area contributed by atoms with Crippen molar-refractivity contribution in [3.8, 4) is 0 Å². The van der Waals surface area contributed by atoms with E-state index >= 15 is 0 Å². The van der Waals surface area contributed by atoms with Crippen molar-refractivity contribution in [1.29, 1.82) is 0 Å². The molecule has 6 heteroatoms. The minimum Gasteiger partial charge on any atom is -0.351 e. The predicted octanol–water partition coefficient (Wildman–Crippen LogP) is 5.14. The monoisotopic (exact) mass is 428 g/mol. The van der Waals surface area contributed by atoms with E-state index < -0.39 is 9.81 Å². The van der Waals surface area contributed by atoms with Crippen LogP contribution in [0.1, 0.15) is 16.0 Å². The second-order valence-corrected chi connectivity index (χ2v) is 7.95. The molecule has 0 aliphatic carbocycles. The fourth-order valence-electron chi connectivity index (χ4n) is 2.55. The largest absolute Gasteiger partial charge is 0.351 e. The molecular formula is C15H11Br2ClN2O. The number of rotatable bonds is 0. The first-order chi connectivity index (χ1) is 9.94. The summed E-state index contributed by atoms with van der Waals surface area (Å²) < 4.78 is -0.885. The highest BCUT2D eigenvalue weighted by molar-refractivity contribution is 9.12. The van der Waals surface area contributed by atoms with E-state index in [-0.39, 0.29) is 4.83 Å². The summed E-state index contributed by atoms with van der Waals surface area (Å²) in [6, 6.07) is 14.5. The van der Waals surface area contributed by atoms with E-state index in [2.05, 4.69) is 31.9 Å². The maximum Gasteiger partial charge on any atom is 0.323 e. The minimum absolute atomic E-state index is 0.228. The zero-order valence-corrected chi connectivity index (χ0v) is 14.7. The number of anilines is 2. The number of nitrogens with two attached hydrogens (primary N) is 1. The molecule has 0 fully saturated rings. The van der Waals surface area contributed by atoms with Crippen molar-refractivity contribution in [2.75, 3.05) is 4.90 Å². The first-order valence-corrected chi connectivity index (χ1v) is 8.33. The van der Waals surface area contributed by atoms with Gasteiger partial charge >= 0.3 is 6.03 Å². The number of alkyl halides is 3. The van der Waals surface area contributed by atoms with Crippen molar-refractivity contribution < 1.29 is 4.79 Å². The standard InChI is InChI=1S/C15H11Br2ClN2O/c16-13-9-5-1-3-7-11(9)20(14(19)21)12-8-4-2-6-10(12)15(13,17)18/h1-8,13H,(H2,19,21). The van der Waals surface area contributed by atoms with Gasteiger partial charge in [0.15, 0.2) is 0 Å². The lowest BCUT2D eigenvalue weighted by molar-refractivity contribution is 0.256. The van der Waals surface area contributed by atoms with E-state index in [0.29, 0.717) is 5.69 Å². The normalized spacial score (nSPS) is 24.0. The second kappa shape index (κ2) is 5.30. The van der Waals surface area contributed by atoms with Crippen LogP contribution in [-0.4, -0.2) is 6.03 Å². The Labute approximate surface area is 144 Å². The van der Waals surface area contributed by atoms with Gasteiger partial charge in [-0.3, -0.25) is 4.90 Å². The number of para-hydroxylation sites is 2. The number of nitrogens with zero attached hydrogens (tertiary/aromatic N) is 1. The Morgan fingerprint density at radius 2 is 1.71 bits per heavy atom. The second-order valence-electron chi connectivity index (χ2n) is 4.74. The van der Waals surface area contributed by atoms with Crippen molar-refractivity contribution in [2.24, 2.45) is 5.73 Å². The maximum absolute atomic E-state index is 12.0. The van der Waals surface area contributed by atoms with Gasteiger partial charge in [-0.2, -0.15) is 0 Å². The minimum atomic E-state index is -0.885. The van der Waals surface area contributed by atoms with Crippen molar-refractivity contribution in [3.05, 3.63) is 59.7 Å². The molecule has 3 rings (SSSR count). The first kappa shape index (κ1) is 14.9. The summed E-state index contributed by atoms with van der Waals surface area (Å²) in [5.41, 5.74) is 8.68. The fourth-order valence-corrected chi connectivity index (χ4v) is 4.05. The van der Waals surface area contributed by atoms with Gasteiger partial charge in [0.05, 0.1) is 16.2 Å². The van der Waals surface area contributed by atoms with Crippen LogP contribution in [0.3, 0.4) is 0 Å². The number of amides is 2. The Kier molecular flexibility index (Phi) is 3.76. The van der Waals surface area contributed by atoms with E-state index in [0.717, 1.165) is 16.8 Å². The predicted molar refractivity (Wildman–Crippen MR) is 92.7 cm³/mol. The molecule has 2 aromatic carbocycles. The first-order valence-electron chi connectivity index (χ1n) is 6.24. The Bertz CT molecular complexity index is 720.